The lowest BCUT2D eigenvalue weighted by molar-refractivity contribution is -0.141. The number of rotatable bonds is 10. The molecule has 0 spiro atoms. The van der Waals surface area contributed by atoms with Crippen LogP contribution in [0.15, 0.2) is 0 Å². The van der Waals surface area contributed by atoms with Gasteiger partial charge in [0, 0.05) is 6.54 Å². The summed E-state index contributed by atoms with van der Waals surface area (Å²) in [5.41, 5.74) is 20.4. The lowest BCUT2D eigenvalue weighted by Gasteiger charge is -2.11. The van der Waals surface area contributed by atoms with Crippen molar-refractivity contribution < 1.29 is 34.8 Å². The molecule has 13 nitrogen and oxygen atoms in total. The van der Waals surface area contributed by atoms with E-state index in [1.54, 1.807) is 0 Å². The summed E-state index contributed by atoms with van der Waals surface area (Å²) in [6.45, 7) is 5.57. The summed E-state index contributed by atoms with van der Waals surface area (Å²) < 4.78 is 0. The minimum Gasteiger partial charge on any atom is -0.480 e. The van der Waals surface area contributed by atoms with Gasteiger partial charge < -0.3 is 48.7 Å². The molecule has 14 heteroatoms. The highest BCUT2D eigenvalue weighted by molar-refractivity contribution is 5.85. The zero-order valence-electron chi connectivity index (χ0n) is 17.4. The zero-order chi connectivity index (χ0) is 23.7. The van der Waals surface area contributed by atoms with Gasteiger partial charge in [-0.1, -0.05) is 20.3 Å². The Morgan fingerprint density at radius 1 is 0.967 bits per heavy atom. The normalized spacial score (nSPS) is 14.5. The number of carboxylic acid groups (broad SMARTS) is 3. The second-order valence-electron chi connectivity index (χ2n) is 6.28. The molecule has 180 valence electrons. The Morgan fingerprint density at radius 2 is 1.40 bits per heavy atom. The van der Waals surface area contributed by atoms with Gasteiger partial charge >= 0.3 is 17.9 Å². The Kier molecular flexibility index (Phi) is 23.6. The maximum Gasteiger partial charge on any atom is 0.323 e. The van der Waals surface area contributed by atoms with Crippen LogP contribution in [-0.4, -0.2) is 75.1 Å². The Morgan fingerprint density at radius 3 is 1.60 bits per heavy atom. The highest BCUT2D eigenvalue weighted by Crippen LogP contribution is 2.04. The first-order valence-electron chi connectivity index (χ1n) is 8.89. The largest absolute Gasteiger partial charge is 0.480 e. The van der Waals surface area contributed by atoms with E-state index in [2.05, 4.69) is 5.32 Å². The van der Waals surface area contributed by atoms with Gasteiger partial charge in [-0.25, -0.2) is 0 Å². The lowest BCUT2D eigenvalue weighted by Crippen LogP contribution is -2.39. The van der Waals surface area contributed by atoms with Crippen molar-refractivity contribution in [3.8, 4) is 0 Å². The summed E-state index contributed by atoms with van der Waals surface area (Å²) >= 11 is 0. The van der Waals surface area contributed by atoms with Gasteiger partial charge in [0.05, 0.1) is 6.10 Å². The molecule has 0 fully saturated rings. The average Bonchev–Trinajstić information content (AvgIpc) is 2.63. The van der Waals surface area contributed by atoms with Crippen molar-refractivity contribution in [3.05, 3.63) is 0 Å². The van der Waals surface area contributed by atoms with Crippen LogP contribution in [0, 0.1) is 11.3 Å². The third kappa shape index (κ3) is 22.1. The van der Waals surface area contributed by atoms with Gasteiger partial charge in [0.15, 0.2) is 5.96 Å². The second kappa shape index (κ2) is 20.1. The number of aliphatic hydroxyl groups is 1. The van der Waals surface area contributed by atoms with Crippen molar-refractivity contribution in [3.63, 3.8) is 0 Å². The molecule has 0 aromatic rings. The van der Waals surface area contributed by atoms with E-state index in [0.29, 0.717) is 19.4 Å². The van der Waals surface area contributed by atoms with E-state index < -0.39 is 42.1 Å². The maximum absolute atomic E-state index is 10.2. The number of carbonyl (C=O) groups is 3. The van der Waals surface area contributed by atoms with Gasteiger partial charge in [-0.2, -0.15) is 0 Å². The van der Waals surface area contributed by atoms with Crippen LogP contribution in [0.1, 0.15) is 40.0 Å². The molecule has 0 rings (SSSR count). The Balaban J connectivity index is -0.000000170. The van der Waals surface area contributed by atoms with Crippen LogP contribution in [0.4, 0.5) is 0 Å². The number of nitrogens with one attached hydrogen (secondary N) is 2. The van der Waals surface area contributed by atoms with Crippen molar-refractivity contribution in [1.29, 1.82) is 5.41 Å². The molecule has 0 heterocycles. The molecule has 0 saturated carbocycles. The van der Waals surface area contributed by atoms with Crippen LogP contribution in [0.5, 0.6) is 0 Å². The smallest absolute Gasteiger partial charge is 0.323 e. The first-order valence-corrected chi connectivity index (χ1v) is 8.89. The highest BCUT2D eigenvalue weighted by Gasteiger charge is 2.17. The van der Waals surface area contributed by atoms with E-state index in [1.807, 2.05) is 13.8 Å². The molecule has 0 aromatic heterocycles. The Hall–Kier alpha value is -2.19. The van der Waals surface area contributed by atoms with Crippen LogP contribution < -0.4 is 28.3 Å². The number of aliphatic hydroxyl groups excluding tert-OH is 1. The number of hydrogen-bond acceptors (Lipinski definition) is 8. The number of hydrogen-bond donors (Lipinski definition) is 10. The summed E-state index contributed by atoms with van der Waals surface area (Å²) in [5.74, 6) is -3.14. The molecule has 0 radical (unpaired) electrons. The van der Waals surface area contributed by atoms with E-state index >= 15 is 0 Å². The molecule has 5 unspecified atom stereocenters. The average molecular weight is 461 g/mol. The van der Waals surface area contributed by atoms with Gasteiger partial charge in [-0.05, 0) is 25.7 Å². The van der Waals surface area contributed by atoms with Crippen molar-refractivity contribution >= 4 is 36.3 Å². The minimum atomic E-state index is -1.18. The monoisotopic (exact) mass is 460 g/mol. The molecule has 30 heavy (non-hydrogen) atoms. The van der Waals surface area contributed by atoms with Crippen LogP contribution in [0.2, 0.25) is 0 Å². The predicted molar refractivity (Wildman–Crippen MR) is 114 cm³/mol. The van der Waals surface area contributed by atoms with Crippen LogP contribution >= 0.6 is 12.4 Å². The molecule has 5 atom stereocenters. The number of aliphatic carboxylic acids is 3. The minimum absolute atomic E-state index is 0. The lowest BCUT2D eigenvalue weighted by atomic mass is 10.0. The van der Waals surface area contributed by atoms with E-state index in [-0.39, 0.29) is 24.3 Å². The fraction of sp³-hybridized carbons (Fsp3) is 0.750. The predicted octanol–water partition coefficient (Wildman–Crippen LogP) is -1.69. The molecule has 0 aliphatic rings. The molecule has 14 N–H and O–H groups in total. The first kappa shape index (κ1) is 35.3. The molecule has 0 amide bonds. The summed E-state index contributed by atoms with van der Waals surface area (Å²) in [4.78, 5) is 30.2. The van der Waals surface area contributed by atoms with Gasteiger partial charge in [0.2, 0.25) is 0 Å². The maximum atomic E-state index is 10.2. The van der Waals surface area contributed by atoms with Gasteiger partial charge in [0.1, 0.15) is 18.1 Å². The van der Waals surface area contributed by atoms with E-state index in [4.69, 9.17) is 48.8 Å². The summed E-state index contributed by atoms with van der Waals surface area (Å²) in [6, 6.07) is -2.68. The van der Waals surface area contributed by atoms with Gasteiger partial charge in [-0.3, -0.25) is 19.8 Å². The molecule has 0 saturated heterocycles. The van der Waals surface area contributed by atoms with Crippen LogP contribution in [-0.2, 0) is 14.4 Å². The number of nitrogens with two attached hydrogens (primary N) is 4. The van der Waals surface area contributed by atoms with Crippen LogP contribution in [0.25, 0.3) is 0 Å². The number of carboxylic acids is 3. The van der Waals surface area contributed by atoms with E-state index in [0.717, 1.165) is 6.42 Å². The van der Waals surface area contributed by atoms with E-state index in [1.165, 1.54) is 6.92 Å². The fourth-order valence-electron chi connectivity index (χ4n) is 1.37. The van der Waals surface area contributed by atoms with Gasteiger partial charge in [0.25, 0.3) is 0 Å². The summed E-state index contributed by atoms with van der Waals surface area (Å²) in [6.07, 6.45) is 0.809. The molecular weight excluding hydrogens is 424 g/mol. The Labute approximate surface area is 182 Å². The van der Waals surface area contributed by atoms with Gasteiger partial charge in [-0.15, -0.1) is 12.4 Å². The summed E-state index contributed by atoms with van der Waals surface area (Å²) in [5, 5.41) is 42.6. The fourth-order valence-corrected chi connectivity index (χ4v) is 1.37. The second-order valence-corrected chi connectivity index (χ2v) is 6.28. The molecular formula is C16H37ClN6O7. The quantitative estimate of drug-likeness (QED) is 0.0991. The van der Waals surface area contributed by atoms with Crippen molar-refractivity contribution in [2.24, 2.45) is 28.9 Å². The van der Waals surface area contributed by atoms with Crippen molar-refractivity contribution in [1.82, 2.24) is 5.32 Å². The summed E-state index contributed by atoms with van der Waals surface area (Å²) in [7, 11) is 0. The standard InChI is InChI=1S/C6H14N4O2.C6H13NO2.C4H9NO3.ClH/c7-4(5(11)12)2-1-3-10-6(8)9;1-3-4(2)5(7)6(8)9;1-2(6)3(5)4(7)8;/h4H,1-3,7H2,(H,11,12)(H4,8,9,10);4-5H,3,7H2,1-2H3,(H,8,9);2-3,6H,5H2,1H3,(H,7,8);1H. The van der Waals surface area contributed by atoms with E-state index in [9.17, 15) is 14.4 Å². The van der Waals surface area contributed by atoms with Crippen LogP contribution in [0.3, 0.4) is 0 Å². The molecule has 0 aliphatic carbocycles. The molecule has 0 bridgehead atoms. The number of halogens is 1. The van der Waals surface area contributed by atoms with Crippen molar-refractivity contribution in [2.45, 2.75) is 64.3 Å². The highest BCUT2D eigenvalue weighted by atomic mass is 35.5. The van der Waals surface area contributed by atoms with Crippen molar-refractivity contribution in [2.75, 3.05) is 6.54 Å². The number of guanidine groups is 1. The topological polar surface area (TPSA) is 272 Å². The first-order chi connectivity index (χ1) is 13.2. The third-order valence-corrected chi connectivity index (χ3v) is 3.67. The zero-order valence-corrected chi connectivity index (χ0v) is 18.3. The molecule has 0 aromatic carbocycles. The molecule has 0 aliphatic heterocycles. The SMILES string of the molecule is CC(O)C(N)C(=O)O.CCC(C)C(N)C(=O)O.Cl.N=C(N)NCCCC(N)C(=O)O. The Bertz CT molecular complexity index is 510. The third-order valence-electron chi connectivity index (χ3n) is 3.67.